The Morgan fingerprint density at radius 3 is 2.35 bits per heavy atom. The molecule has 214 valence electrons. The van der Waals surface area contributed by atoms with Gasteiger partial charge in [-0.15, -0.1) is 0 Å². The van der Waals surface area contributed by atoms with Crippen LogP contribution in [0.2, 0.25) is 0 Å². The highest BCUT2D eigenvalue weighted by Crippen LogP contribution is 2.49. The molecule has 0 amide bonds. The van der Waals surface area contributed by atoms with Crippen molar-refractivity contribution in [3.63, 3.8) is 0 Å². The molecule has 1 aromatic heterocycles. The van der Waals surface area contributed by atoms with Gasteiger partial charge >= 0.3 is 5.56 Å². The second-order valence-corrected chi connectivity index (χ2v) is 12.3. The van der Waals surface area contributed by atoms with E-state index in [1.165, 1.54) is 10.5 Å². The molecule has 1 aliphatic heterocycles. The average Bonchev–Trinajstić information content (AvgIpc) is 3.67. The average molecular weight is 578 g/mol. The summed E-state index contributed by atoms with van der Waals surface area (Å²) in [4.78, 5) is 15.3. The maximum absolute atomic E-state index is 13.9. The molecule has 0 unspecified atom stereocenters. The van der Waals surface area contributed by atoms with Crippen molar-refractivity contribution in [1.29, 1.82) is 0 Å². The first kappa shape index (κ1) is 28.0. The Balaban J connectivity index is 1.39. The van der Waals surface area contributed by atoms with Crippen molar-refractivity contribution in [3.05, 3.63) is 76.2 Å². The molecule has 0 spiro atoms. The maximum atomic E-state index is 13.9. The number of nitrogens with two attached hydrogens (primary N) is 1. The highest BCUT2D eigenvalue weighted by molar-refractivity contribution is 7.88. The molecule has 2 heterocycles. The van der Waals surface area contributed by atoms with E-state index in [1.54, 1.807) is 29.2 Å². The SMILES string of the molecule is Nc1cccc(CS(=O)(=O)N2CCN(c3cnn(-c4cc(F)cc(F)c4)c(=O)c3OCC3(CCF)CC3)CC2)c1. The van der Waals surface area contributed by atoms with Crippen LogP contribution in [0, 0.1) is 17.0 Å². The molecular weight excluding hydrogens is 547 g/mol. The largest absolute Gasteiger partial charge is 0.486 e. The van der Waals surface area contributed by atoms with Crippen LogP contribution in [0.1, 0.15) is 24.8 Å². The van der Waals surface area contributed by atoms with Crippen LogP contribution in [0.3, 0.4) is 0 Å². The van der Waals surface area contributed by atoms with Crippen LogP contribution < -0.4 is 20.9 Å². The zero-order chi connectivity index (χ0) is 28.5. The molecule has 1 saturated carbocycles. The molecule has 2 fully saturated rings. The number of hydrogen-bond acceptors (Lipinski definition) is 7. The number of rotatable bonds is 10. The summed E-state index contributed by atoms with van der Waals surface area (Å²) in [5.41, 5.74) is 5.99. The summed E-state index contributed by atoms with van der Waals surface area (Å²) >= 11 is 0. The molecule has 2 N–H and O–H groups in total. The summed E-state index contributed by atoms with van der Waals surface area (Å²) in [5, 5.41) is 4.14. The highest BCUT2D eigenvalue weighted by Gasteiger charge is 2.43. The Bertz CT molecular complexity index is 1530. The van der Waals surface area contributed by atoms with Gasteiger partial charge in [0.15, 0.2) is 0 Å². The van der Waals surface area contributed by atoms with Crippen LogP contribution in [0.25, 0.3) is 5.69 Å². The first-order chi connectivity index (χ1) is 19.1. The molecule has 13 heteroatoms. The van der Waals surface area contributed by atoms with Gasteiger partial charge < -0.3 is 15.4 Å². The molecule has 1 saturated heterocycles. The number of benzene rings is 2. The molecule has 2 aromatic carbocycles. The summed E-state index contributed by atoms with van der Waals surface area (Å²) in [6, 6.07) is 9.37. The monoisotopic (exact) mass is 577 g/mol. The number of hydrogen-bond donors (Lipinski definition) is 1. The van der Waals surface area contributed by atoms with E-state index in [0.717, 1.165) is 29.7 Å². The van der Waals surface area contributed by atoms with Gasteiger partial charge in [-0.25, -0.2) is 17.2 Å². The van der Waals surface area contributed by atoms with Gasteiger partial charge in [-0.2, -0.15) is 14.1 Å². The molecule has 0 bridgehead atoms. The van der Waals surface area contributed by atoms with Crippen molar-refractivity contribution in [3.8, 4) is 11.4 Å². The smallest absolute Gasteiger partial charge is 0.316 e. The Morgan fingerprint density at radius 2 is 1.73 bits per heavy atom. The predicted molar refractivity (Wildman–Crippen MR) is 145 cm³/mol. The summed E-state index contributed by atoms with van der Waals surface area (Å²) in [6.07, 6.45) is 3.21. The van der Waals surface area contributed by atoms with Gasteiger partial charge in [-0.1, -0.05) is 12.1 Å². The lowest BCUT2D eigenvalue weighted by molar-refractivity contribution is 0.209. The molecule has 5 rings (SSSR count). The molecular formula is C27H30F3N5O4S. The van der Waals surface area contributed by atoms with E-state index in [-0.39, 0.29) is 55.4 Å². The van der Waals surface area contributed by atoms with Gasteiger partial charge in [0.2, 0.25) is 15.8 Å². The number of alkyl halides is 1. The van der Waals surface area contributed by atoms with Gasteiger partial charge in [-0.3, -0.25) is 9.18 Å². The minimum atomic E-state index is -3.62. The minimum Gasteiger partial charge on any atom is -0.486 e. The maximum Gasteiger partial charge on any atom is 0.316 e. The Kier molecular flexibility index (Phi) is 7.78. The Labute approximate surface area is 230 Å². The minimum absolute atomic E-state index is 0.0825. The van der Waals surface area contributed by atoms with Crippen molar-refractivity contribution in [2.45, 2.75) is 25.0 Å². The molecule has 0 atom stereocenters. The molecule has 3 aromatic rings. The van der Waals surface area contributed by atoms with E-state index in [9.17, 15) is 26.4 Å². The molecule has 9 nitrogen and oxygen atoms in total. The van der Waals surface area contributed by atoms with Crippen molar-refractivity contribution < 1.29 is 26.3 Å². The Hall–Kier alpha value is -3.58. The standard InChI is InChI=1S/C27H30F3N5O4S/c28-7-6-27(4-5-27)18-39-25-24(16-32-35(26(25)36)23-14-20(29)13-21(30)15-23)33-8-10-34(11-9-33)40(37,38)17-19-2-1-3-22(31)12-19/h1-3,12-16H,4-11,17-18,31H2. The number of aromatic nitrogens is 2. The third-order valence-corrected chi connectivity index (χ3v) is 9.23. The fourth-order valence-corrected chi connectivity index (χ4v) is 6.40. The van der Waals surface area contributed by atoms with Crippen LogP contribution in [-0.2, 0) is 15.8 Å². The van der Waals surface area contributed by atoms with Crippen LogP contribution in [0.15, 0.2) is 53.5 Å². The normalized spacial score (nSPS) is 17.1. The van der Waals surface area contributed by atoms with E-state index in [4.69, 9.17) is 10.5 Å². The lowest BCUT2D eigenvalue weighted by Crippen LogP contribution is -2.49. The van der Waals surface area contributed by atoms with Gasteiger partial charge in [0.25, 0.3) is 0 Å². The fraction of sp³-hybridized carbons (Fsp3) is 0.407. The van der Waals surface area contributed by atoms with E-state index in [0.29, 0.717) is 29.4 Å². The second-order valence-electron chi connectivity index (χ2n) is 10.3. The fourth-order valence-electron chi connectivity index (χ4n) is 4.90. The van der Waals surface area contributed by atoms with E-state index >= 15 is 0 Å². The number of anilines is 2. The van der Waals surface area contributed by atoms with Crippen LogP contribution in [0.5, 0.6) is 5.75 Å². The second kappa shape index (κ2) is 11.1. The van der Waals surface area contributed by atoms with Crippen LogP contribution in [-0.4, -0.2) is 62.0 Å². The number of nitrogens with zero attached hydrogens (tertiary/aromatic N) is 4. The number of ether oxygens (including phenoxy) is 1. The topological polar surface area (TPSA) is 111 Å². The molecule has 1 aliphatic carbocycles. The third kappa shape index (κ3) is 6.09. The highest BCUT2D eigenvalue weighted by atomic mass is 32.2. The summed E-state index contributed by atoms with van der Waals surface area (Å²) in [6.45, 7) is 0.423. The predicted octanol–water partition coefficient (Wildman–Crippen LogP) is 3.26. The molecule has 2 aliphatic rings. The van der Waals surface area contributed by atoms with Gasteiger partial charge in [0.05, 0.1) is 30.9 Å². The quantitative estimate of drug-likeness (QED) is 0.369. The lowest BCUT2D eigenvalue weighted by Gasteiger charge is -2.35. The number of piperazine rings is 1. The number of nitrogen functional groups attached to an aromatic ring is 1. The zero-order valence-corrected chi connectivity index (χ0v) is 22.5. The van der Waals surface area contributed by atoms with Gasteiger partial charge in [0.1, 0.15) is 17.3 Å². The molecule has 0 radical (unpaired) electrons. The van der Waals surface area contributed by atoms with Crippen molar-refractivity contribution in [2.75, 3.05) is 50.1 Å². The summed E-state index contributed by atoms with van der Waals surface area (Å²) < 4.78 is 75.2. The summed E-state index contributed by atoms with van der Waals surface area (Å²) in [7, 11) is -3.62. The van der Waals surface area contributed by atoms with Gasteiger partial charge in [-0.05, 0) is 49.1 Å². The van der Waals surface area contributed by atoms with Crippen LogP contribution >= 0.6 is 0 Å². The number of halogens is 3. The third-order valence-electron chi connectivity index (χ3n) is 7.38. The first-order valence-corrected chi connectivity index (χ1v) is 14.5. The van der Waals surface area contributed by atoms with E-state index < -0.39 is 33.9 Å². The molecule has 40 heavy (non-hydrogen) atoms. The van der Waals surface area contributed by atoms with E-state index in [2.05, 4.69) is 5.10 Å². The van der Waals surface area contributed by atoms with Crippen molar-refractivity contribution in [1.82, 2.24) is 14.1 Å². The summed E-state index contributed by atoms with van der Waals surface area (Å²) in [5.74, 6) is -2.01. The number of sulfonamides is 1. The van der Waals surface area contributed by atoms with Crippen LogP contribution in [0.4, 0.5) is 24.5 Å². The lowest BCUT2D eigenvalue weighted by atomic mass is 10.1. The van der Waals surface area contributed by atoms with Gasteiger partial charge in [0, 0.05) is 43.3 Å². The first-order valence-electron chi connectivity index (χ1n) is 12.9. The Morgan fingerprint density at radius 1 is 1.02 bits per heavy atom. The zero-order valence-electron chi connectivity index (χ0n) is 21.7. The van der Waals surface area contributed by atoms with E-state index in [1.807, 2.05) is 0 Å². The van der Waals surface area contributed by atoms with Crippen molar-refractivity contribution in [2.24, 2.45) is 5.41 Å². The van der Waals surface area contributed by atoms with Crippen molar-refractivity contribution >= 4 is 21.4 Å².